The van der Waals surface area contributed by atoms with Gasteiger partial charge in [-0.1, -0.05) is 6.07 Å². The highest BCUT2D eigenvalue weighted by Crippen LogP contribution is 2.41. The molecule has 1 aromatic carbocycles. The average molecular weight is 205 g/mol. The Morgan fingerprint density at radius 1 is 1.21 bits per heavy atom. The molecule has 0 aliphatic carbocycles. The molecular formula is C9H10F3NO. The maximum absolute atomic E-state index is 12.5. The molecule has 0 aliphatic heterocycles. The molecule has 0 saturated carbocycles. The number of benzene rings is 1. The van der Waals surface area contributed by atoms with E-state index in [9.17, 15) is 13.2 Å². The lowest BCUT2D eigenvalue weighted by Gasteiger charge is -2.19. The van der Waals surface area contributed by atoms with Crippen molar-refractivity contribution in [2.24, 2.45) is 0 Å². The summed E-state index contributed by atoms with van der Waals surface area (Å²) in [5.74, 6) is -0.747. The van der Waals surface area contributed by atoms with Crippen LogP contribution < -0.4 is 4.90 Å². The normalized spacial score (nSPS) is 11.5. The van der Waals surface area contributed by atoms with Gasteiger partial charge in [-0.2, -0.15) is 13.2 Å². The number of anilines is 1. The molecule has 0 saturated heterocycles. The van der Waals surface area contributed by atoms with Crippen LogP contribution in [0.4, 0.5) is 18.9 Å². The number of alkyl halides is 3. The first-order valence-electron chi connectivity index (χ1n) is 3.90. The largest absolute Gasteiger partial charge is 0.507 e. The zero-order valence-corrected chi connectivity index (χ0v) is 7.76. The summed E-state index contributed by atoms with van der Waals surface area (Å²) in [5.41, 5.74) is -1.04. The van der Waals surface area contributed by atoms with Gasteiger partial charge in [0.25, 0.3) is 0 Å². The molecule has 0 unspecified atom stereocenters. The van der Waals surface area contributed by atoms with Gasteiger partial charge >= 0.3 is 6.18 Å². The molecule has 0 heterocycles. The van der Waals surface area contributed by atoms with E-state index in [1.54, 1.807) is 0 Å². The van der Waals surface area contributed by atoms with Crippen molar-refractivity contribution in [2.45, 2.75) is 6.18 Å². The van der Waals surface area contributed by atoms with E-state index in [1.165, 1.54) is 31.1 Å². The second-order valence-electron chi connectivity index (χ2n) is 3.06. The van der Waals surface area contributed by atoms with Crippen LogP contribution in [-0.2, 0) is 6.18 Å². The lowest BCUT2D eigenvalue weighted by Crippen LogP contribution is -2.16. The number of rotatable bonds is 1. The van der Waals surface area contributed by atoms with Crippen LogP contribution in [0.15, 0.2) is 18.2 Å². The number of phenolic OH excluding ortho intramolecular Hbond substituents is 1. The number of hydrogen-bond donors (Lipinski definition) is 1. The summed E-state index contributed by atoms with van der Waals surface area (Å²) in [5, 5.41) is 9.13. The molecule has 1 aromatic rings. The molecule has 14 heavy (non-hydrogen) atoms. The molecule has 0 aromatic heterocycles. The molecule has 0 spiro atoms. The van der Waals surface area contributed by atoms with E-state index in [0.29, 0.717) is 0 Å². The fourth-order valence-corrected chi connectivity index (χ4v) is 1.19. The van der Waals surface area contributed by atoms with Crippen molar-refractivity contribution in [2.75, 3.05) is 19.0 Å². The molecule has 0 atom stereocenters. The van der Waals surface area contributed by atoms with Crippen molar-refractivity contribution in [1.29, 1.82) is 0 Å². The minimum absolute atomic E-state index is 0.0440. The van der Waals surface area contributed by atoms with E-state index in [1.807, 2.05) is 0 Å². The molecule has 0 radical (unpaired) electrons. The maximum Gasteiger partial charge on any atom is 0.421 e. The van der Waals surface area contributed by atoms with Crippen molar-refractivity contribution < 1.29 is 18.3 Å². The van der Waals surface area contributed by atoms with E-state index >= 15 is 0 Å². The Balaban J connectivity index is 3.38. The summed E-state index contributed by atoms with van der Waals surface area (Å²) in [7, 11) is 2.98. The van der Waals surface area contributed by atoms with Crippen LogP contribution in [0.3, 0.4) is 0 Å². The monoisotopic (exact) mass is 205 g/mol. The first-order valence-corrected chi connectivity index (χ1v) is 3.90. The van der Waals surface area contributed by atoms with Gasteiger partial charge in [-0.05, 0) is 12.1 Å². The van der Waals surface area contributed by atoms with E-state index < -0.39 is 17.5 Å². The Morgan fingerprint density at radius 3 is 2.14 bits per heavy atom. The van der Waals surface area contributed by atoms with Gasteiger partial charge in [-0.15, -0.1) is 0 Å². The third-order valence-corrected chi connectivity index (χ3v) is 1.79. The van der Waals surface area contributed by atoms with Crippen LogP contribution in [-0.4, -0.2) is 19.2 Å². The van der Waals surface area contributed by atoms with Gasteiger partial charge in [0.05, 0.1) is 5.69 Å². The lowest BCUT2D eigenvalue weighted by molar-refractivity contribution is -0.138. The minimum Gasteiger partial charge on any atom is -0.507 e. The van der Waals surface area contributed by atoms with Gasteiger partial charge in [-0.3, -0.25) is 0 Å². The molecule has 78 valence electrons. The van der Waals surface area contributed by atoms with E-state index in [4.69, 9.17) is 5.11 Å². The Hall–Kier alpha value is -1.39. The van der Waals surface area contributed by atoms with Crippen LogP contribution in [0.25, 0.3) is 0 Å². The van der Waals surface area contributed by atoms with E-state index in [2.05, 4.69) is 0 Å². The van der Waals surface area contributed by atoms with Crippen LogP contribution in [0.2, 0.25) is 0 Å². The molecule has 0 aliphatic rings. The smallest absolute Gasteiger partial charge is 0.421 e. The Labute approximate surface area is 79.6 Å². The standard InChI is InChI=1S/C9H10F3NO/c1-13(2)6-4-3-5-7(14)8(6)9(10,11)12/h3-5,14H,1-2H3. The SMILES string of the molecule is CN(C)c1cccc(O)c1C(F)(F)F. The fourth-order valence-electron chi connectivity index (χ4n) is 1.19. The van der Waals surface area contributed by atoms with Gasteiger partial charge in [0.1, 0.15) is 11.3 Å². The van der Waals surface area contributed by atoms with Crippen molar-refractivity contribution in [3.05, 3.63) is 23.8 Å². The molecule has 0 bridgehead atoms. The first kappa shape index (κ1) is 10.7. The third-order valence-electron chi connectivity index (χ3n) is 1.79. The number of aromatic hydroxyl groups is 1. The lowest BCUT2D eigenvalue weighted by atomic mass is 10.1. The van der Waals surface area contributed by atoms with Crippen molar-refractivity contribution >= 4 is 5.69 Å². The molecule has 0 fully saturated rings. The highest BCUT2D eigenvalue weighted by Gasteiger charge is 2.37. The molecule has 5 heteroatoms. The Bertz CT molecular complexity index is 333. The minimum atomic E-state index is -4.54. The van der Waals surface area contributed by atoms with Gasteiger partial charge in [0.15, 0.2) is 0 Å². The van der Waals surface area contributed by atoms with Crippen LogP contribution >= 0.6 is 0 Å². The molecular weight excluding hydrogens is 195 g/mol. The summed E-state index contributed by atoms with van der Waals surface area (Å²) in [4.78, 5) is 1.31. The number of nitrogens with zero attached hydrogens (tertiary/aromatic N) is 1. The second-order valence-corrected chi connectivity index (χ2v) is 3.06. The molecule has 1 N–H and O–H groups in total. The van der Waals surface area contributed by atoms with Crippen LogP contribution in [0, 0.1) is 0 Å². The van der Waals surface area contributed by atoms with Crippen LogP contribution in [0.5, 0.6) is 5.75 Å². The predicted molar refractivity (Wildman–Crippen MR) is 47.4 cm³/mol. The summed E-state index contributed by atoms with van der Waals surface area (Å²) in [6.07, 6.45) is -4.54. The predicted octanol–water partition coefficient (Wildman–Crippen LogP) is 2.48. The maximum atomic E-state index is 12.5. The number of phenols is 1. The molecule has 1 rings (SSSR count). The topological polar surface area (TPSA) is 23.5 Å². The zero-order valence-electron chi connectivity index (χ0n) is 7.76. The van der Waals surface area contributed by atoms with Crippen molar-refractivity contribution in [1.82, 2.24) is 0 Å². The first-order chi connectivity index (χ1) is 6.34. The van der Waals surface area contributed by atoms with Crippen LogP contribution in [0.1, 0.15) is 5.56 Å². The van der Waals surface area contributed by atoms with Gasteiger partial charge in [0.2, 0.25) is 0 Å². The fraction of sp³-hybridized carbons (Fsp3) is 0.333. The van der Waals surface area contributed by atoms with Gasteiger partial charge in [0, 0.05) is 14.1 Å². The number of halogens is 3. The number of hydrogen-bond acceptors (Lipinski definition) is 2. The van der Waals surface area contributed by atoms with Crippen molar-refractivity contribution in [3.8, 4) is 5.75 Å². The molecule has 0 amide bonds. The summed E-state index contributed by atoms with van der Waals surface area (Å²) in [6.45, 7) is 0. The Morgan fingerprint density at radius 2 is 1.79 bits per heavy atom. The second kappa shape index (κ2) is 3.40. The quantitative estimate of drug-likeness (QED) is 0.761. The highest BCUT2D eigenvalue weighted by atomic mass is 19.4. The van der Waals surface area contributed by atoms with E-state index in [-0.39, 0.29) is 5.69 Å². The molecule has 2 nitrogen and oxygen atoms in total. The highest BCUT2D eigenvalue weighted by molar-refractivity contribution is 5.59. The summed E-state index contributed by atoms with van der Waals surface area (Å²) >= 11 is 0. The average Bonchev–Trinajstić information content (AvgIpc) is 2.01. The summed E-state index contributed by atoms with van der Waals surface area (Å²) < 4.78 is 37.4. The van der Waals surface area contributed by atoms with Gasteiger partial charge in [-0.25, -0.2) is 0 Å². The summed E-state index contributed by atoms with van der Waals surface area (Å²) in [6, 6.07) is 3.71. The Kier molecular flexibility index (Phi) is 2.59. The van der Waals surface area contributed by atoms with E-state index in [0.717, 1.165) is 6.07 Å². The van der Waals surface area contributed by atoms with Gasteiger partial charge < -0.3 is 10.0 Å². The van der Waals surface area contributed by atoms with Crippen molar-refractivity contribution in [3.63, 3.8) is 0 Å². The third kappa shape index (κ3) is 1.92. The zero-order chi connectivity index (χ0) is 10.9.